The number of oxime groups is 1. The van der Waals surface area contributed by atoms with Gasteiger partial charge in [0.25, 0.3) is 5.69 Å². The molecule has 1 saturated carbocycles. The Morgan fingerprint density at radius 3 is 2.33 bits per heavy atom. The Balaban J connectivity index is 1.36. The van der Waals surface area contributed by atoms with E-state index in [1.54, 1.807) is 22.7 Å². The smallest absolute Gasteiger partial charge is 0.416 e. The first kappa shape index (κ1) is 50.2. The fourth-order valence-corrected chi connectivity index (χ4v) is 10.8. The Labute approximate surface area is 414 Å². The number of unbranched alkanes of at least 4 members (excludes halogenated alkanes) is 2. The summed E-state index contributed by atoms with van der Waals surface area (Å²) < 4.78 is 27.5. The first-order valence-electron chi connectivity index (χ1n) is 24.1. The van der Waals surface area contributed by atoms with E-state index in [4.69, 9.17) is 28.9 Å². The van der Waals surface area contributed by atoms with Crippen LogP contribution in [0, 0.1) is 27.9 Å². The molecule has 13 nitrogen and oxygen atoms in total. The molecule has 70 heavy (non-hydrogen) atoms. The van der Waals surface area contributed by atoms with E-state index in [2.05, 4.69) is 18.7 Å². The average molecular weight is 970 g/mol. The van der Waals surface area contributed by atoms with Crippen LogP contribution in [0.15, 0.2) is 144 Å². The maximum Gasteiger partial charge on any atom is 0.416 e. The molecule has 1 aliphatic heterocycles. The summed E-state index contributed by atoms with van der Waals surface area (Å²) in [6.45, 7) is 10.1. The topological polar surface area (TPSA) is 162 Å². The summed E-state index contributed by atoms with van der Waals surface area (Å²) in [5, 5.41) is 38.7. The van der Waals surface area contributed by atoms with Gasteiger partial charge in [-0.2, -0.15) is 0 Å². The maximum atomic E-state index is 15.4. The highest BCUT2D eigenvalue weighted by molar-refractivity contribution is 7.98. The number of carbonyl (C=O) groups excluding carboxylic acids is 1. The van der Waals surface area contributed by atoms with Crippen LogP contribution in [0.4, 0.5) is 10.5 Å². The minimum Gasteiger partial charge on any atom is -0.459 e. The number of aliphatic hydroxyl groups is 2. The van der Waals surface area contributed by atoms with Crippen molar-refractivity contribution in [3.05, 3.63) is 155 Å². The fourth-order valence-electron chi connectivity index (χ4n) is 10.4. The number of ether oxygens (including phenoxy) is 4. The zero-order chi connectivity index (χ0) is 49.4. The second-order valence-corrected chi connectivity index (χ2v) is 20.0. The number of fused-ring (bicyclic) bond motifs is 3. The highest BCUT2D eigenvalue weighted by atomic mass is 32.2. The van der Waals surface area contributed by atoms with E-state index in [0.717, 1.165) is 58.1 Å². The van der Waals surface area contributed by atoms with Gasteiger partial charge in [0.05, 0.1) is 29.7 Å². The molecule has 0 spiro atoms. The summed E-state index contributed by atoms with van der Waals surface area (Å²) >= 11 is 1.66. The van der Waals surface area contributed by atoms with Gasteiger partial charge in [-0.15, -0.1) is 18.3 Å². The number of nitro benzene ring substituents is 1. The summed E-state index contributed by atoms with van der Waals surface area (Å²) in [6, 6.07) is 32.3. The molecule has 1 fully saturated rings. The molecule has 8 rings (SSSR count). The predicted molar refractivity (Wildman–Crippen MR) is 273 cm³/mol. The number of allylic oxidation sites excluding steroid dienone is 1. The second-order valence-electron chi connectivity index (χ2n) is 19.1. The lowest BCUT2D eigenvalue weighted by Gasteiger charge is -2.60. The Morgan fingerprint density at radius 2 is 1.63 bits per heavy atom. The van der Waals surface area contributed by atoms with Crippen molar-refractivity contribution in [1.82, 2.24) is 4.90 Å². The molecule has 6 atom stereocenters. The highest BCUT2D eigenvalue weighted by Crippen LogP contribution is 2.62. The van der Waals surface area contributed by atoms with Gasteiger partial charge in [-0.1, -0.05) is 72.6 Å². The summed E-state index contributed by atoms with van der Waals surface area (Å²) in [6.07, 6.45) is 9.77. The number of hydrogen-bond donors (Lipinski definition) is 2. The predicted octanol–water partition coefficient (Wildman–Crippen LogP) is 12.4. The molecule has 2 aliphatic carbocycles. The van der Waals surface area contributed by atoms with Gasteiger partial charge in [-0.3, -0.25) is 15.0 Å². The number of benzene rings is 5. The van der Waals surface area contributed by atoms with Gasteiger partial charge in [0.1, 0.15) is 34.6 Å². The lowest BCUT2D eigenvalue weighted by atomic mass is 9.55. The molecule has 5 aromatic carbocycles. The highest BCUT2D eigenvalue weighted by Gasteiger charge is 2.66. The molecule has 0 bridgehead atoms. The van der Waals surface area contributed by atoms with Gasteiger partial charge in [-0.25, -0.2) is 4.79 Å². The van der Waals surface area contributed by atoms with Crippen LogP contribution in [0.25, 0.3) is 10.8 Å². The van der Waals surface area contributed by atoms with Crippen molar-refractivity contribution in [3.63, 3.8) is 0 Å². The summed E-state index contributed by atoms with van der Waals surface area (Å²) in [5.41, 5.74) is 2.47. The van der Waals surface area contributed by atoms with Gasteiger partial charge in [0.2, 0.25) is 5.79 Å². The minimum atomic E-state index is -1.58. The number of nitrogens with zero attached hydrogens (tertiary/aromatic N) is 3. The lowest BCUT2D eigenvalue weighted by Crippen LogP contribution is -2.70. The molecule has 3 aliphatic rings. The zero-order valence-electron chi connectivity index (χ0n) is 40.3. The summed E-state index contributed by atoms with van der Waals surface area (Å²) in [5.74, 6) is -0.476. The van der Waals surface area contributed by atoms with Crippen LogP contribution >= 0.6 is 11.8 Å². The van der Waals surface area contributed by atoms with E-state index in [-0.39, 0.29) is 62.0 Å². The lowest BCUT2D eigenvalue weighted by molar-refractivity contribution is -0.384. The molecule has 14 heteroatoms. The SMILES string of the molecule is C=CCO[C@@]12Oc3ccc(Oc4ccc(SC)cc4)cc3[C@H]3[C@H](CCCCO)[C@@H](CCCCO)C=C(C(=NOC(C)(C)C)C[C@@H]1N(Cc1cccc4ccccc14)C(=O)Oc1ccc([N+](=O)[O-])cc1)[C@H]32. The molecule has 0 aromatic heterocycles. The van der Waals surface area contributed by atoms with Gasteiger partial charge >= 0.3 is 6.09 Å². The Kier molecular flexibility index (Phi) is 16.0. The van der Waals surface area contributed by atoms with Crippen molar-refractivity contribution in [2.45, 2.75) is 101 Å². The van der Waals surface area contributed by atoms with E-state index >= 15 is 4.79 Å². The van der Waals surface area contributed by atoms with E-state index in [0.29, 0.717) is 35.8 Å². The molecule has 368 valence electrons. The van der Waals surface area contributed by atoms with Crippen LogP contribution in [0.5, 0.6) is 23.0 Å². The van der Waals surface area contributed by atoms with Gasteiger partial charge in [0.15, 0.2) is 0 Å². The number of rotatable bonds is 20. The number of non-ortho nitro benzene ring substituents is 1. The van der Waals surface area contributed by atoms with Gasteiger partial charge < -0.3 is 34.0 Å². The van der Waals surface area contributed by atoms with E-state index < -0.39 is 34.4 Å². The third-order valence-electron chi connectivity index (χ3n) is 13.5. The summed E-state index contributed by atoms with van der Waals surface area (Å²) in [4.78, 5) is 35.6. The van der Waals surface area contributed by atoms with E-state index in [1.807, 2.05) is 106 Å². The first-order chi connectivity index (χ1) is 33.9. The number of carbonyl (C=O) groups is 1. The van der Waals surface area contributed by atoms with E-state index in [1.165, 1.54) is 24.3 Å². The molecule has 1 amide bonds. The van der Waals surface area contributed by atoms with Crippen LogP contribution in [-0.4, -0.2) is 75.3 Å². The van der Waals surface area contributed by atoms with Crippen LogP contribution < -0.4 is 14.2 Å². The summed E-state index contributed by atoms with van der Waals surface area (Å²) in [7, 11) is 0. The van der Waals surface area contributed by atoms with Crippen molar-refractivity contribution in [1.29, 1.82) is 0 Å². The van der Waals surface area contributed by atoms with Crippen molar-refractivity contribution >= 4 is 40.0 Å². The second kappa shape index (κ2) is 22.3. The number of amides is 1. The number of hydrogen-bond acceptors (Lipinski definition) is 12. The van der Waals surface area contributed by atoms with Crippen molar-refractivity contribution in [2.75, 3.05) is 26.1 Å². The molecule has 2 N–H and O–H groups in total. The average Bonchev–Trinajstić information content (AvgIpc) is 3.35. The Hall–Kier alpha value is -6.19. The van der Waals surface area contributed by atoms with Crippen LogP contribution in [0.1, 0.15) is 82.8 Å². The van der Waals surface area contributed by atoms with Crippen molar-refractivity contribution in [3.8, 4) is 23.0 Å². The van der Waals surface area contributed by atoms with Crippen LogP contribution in [0.3, 0.4) is 0 Å². The van der Waals surface area contributed by atoms with Crippen molar-refractivity contribution < 1.29 is 43.7 Å². The normalized spacial score (nSPS) is 22.0. The fraction of sp³-hybridized carbons (Fsp3) is 0.393. The molecule has 1 heterocycles. The van der Waals surface area contributed by atoms with Crippen molar-refractivity contribution in [2.24, 2.45) is 22.9 Å². The molecule has 0 unspecified atom stereocenters. The number of thioether (sulfide) groups is 1. The van der Waals surface area contributed by atoms with Gasteiger partial charge in [-0.05, 0) is 141 Å². The monoisotopic (exact) mass is 969 g/mol. The molecule has 5 aromatic rings. The third kappa shape index (κ3) is 11.1. The maximum absolute atomic E-state index is 15.4. The standard InChI is InChI=1S/C56H63N3O10S/c1-6-32-65-56-51(58(36-39-17-13-16-37-14-7-8-18-45(37)39)54(62)67-42-22-20-40(21-23-42)59(63)64)35-49(57-69-55(2,3)4)47-33-38(15-9-11-30-60)46(19-10-12-31-61)52(53(47)56)48-34-43(26-29-50(48)68-56)66-41-24-27-44(70-5)28-25-41/h6-8,13-14,16-18,20-29,33-34,38,46,51-53,60-61H,1,9-12,15,19,30-32,35-36H2,2-5H3/t38-,46+,51-,52+,53+,56+/m0/s1. The molecular weight excluding hydrogens is 907 g/mol. The molecular formula is C56H63N3O10S. The largest absolute Gasteiger partial charge is 0.459 e. The number of nitro groups is 1. The quantitative estimate of drug-likeness (QED) is 0.0251. The first-order valence-corrected chi connectivity index (χ1v) is 25.4. The molecule has 0 saturated heterocycles. The molecule has 0 radical (unpaired) electrons. The third-order valence-corrected chi connectivity index (χ3v) is 14.2. The zero-order valence-corrected chi connectivity index (χ0v) is 41.1. The van der Waals surface area contributed by atoms with Crippen LogP contribution in [0.2, 0.25) is 0 Å². The number of aliphatic hydroxyl groups excluding tert-OH is 2. The van der Waals surface area contributed by atoms with Crippen LogP contribution in [-0.2, 0) is 16.1 Å². The minimum absolute atomic E-state index is 0.0171. The van der Waals surface area contributed by atoms with E-state index in [9.17, 15) is 20.3 Å². The van der Waals surface area contributed by atoms with Gasteiger partial charge in [0, 0.05) is 48.1 Å². The Morgan fingerprint density at radius 1 is 0.929 bits per heavy atom. The Bertz CT molecular complexity index is 2700.